The third-order valence-corrected chi connectivity index (χ3v) is 5.57. The Hall–Kier alpha value is -3.20. The van der Waals surface area contributed by atoms with Crippen LogP contribution in [0.25, 0.3) is 28.2 Å². The Morgan fingerprint density at radius 1 is 0.862 bits per heavy atom. The van der Waals surface area contributed by atoms with Crippen LogP contribution in [0.3, 0.4) is 0 Å². The first-order valence-electron chi connectivity index (χ1n) is 10.2. The summed E-state index contributed by atoms with van der Waals surface area (Å²) in [5.41, 5.74) is 5.37. The Labute approximate surface area is 171 Å². The van der Waals surface area contributed by atoms with Crippen LogP contribution in [-0.2, 0) is 0 Å². The summed E-state index contributed by atoms with van der Waals surface area (Å²) < 4.78 is 16.2. The molecule has 0 unspecified atom stereocenters. The van der Waals surface area contributed by atoms with Gasteiger partial charge in [0.25, 0.3) is 0 Å². The van der Waals surface area contributed by atoms with Crippen LogP contribution in [0.4, 0.5) is 4.39 Å². The molecule has 0 aliphatic heterocycles. The summed E-state index contributed by atoms with van der Waals surface area (Å²) in [6.07, 6.45) is 5.73. The second-order valence-electron chi connectivity index (χ2n) is 7.25. The smallest absolute Gasteiger partial charge is 0.144 e. The van der Waals surface area contributed by atoms with E-state index >= 15 is 0 Å². The molecule has 0 saturated heterocycles. The van der Waals surface area contributed by atoms with Gasteiger partial charge in [-0.05, 0) is 54.2 Å². The number of nitrogens with zero attached hydrogens (tertiary/aromatic N) is 2. The average Bonchev–Trinajstić information content (AvgIpc) is 3.25. The Morgan fingerprint density at radius 3 is 2.34 bits per heavy atom. The highest BCUT2D eigenvalue weighted by Crippen LogP contribution is 2.35. The van der Waals surface area contributed by atoms with Gasteiger partial charge in [-0.25, -0.2) is 9.37 Å². The maximum atomic E-state index is 14.1. The van der Waals surface area contributed by atoms with Crippen LogP contribution in [0.15, 0.2) is 85.2 Å². The average molecular weight is 384 g/mol. The number of aromatic nitrogens is 2. The lowest BCUT2D eigenvalue weighted by atomic mass is 9.89. The van der Waals surface area contributed by atoms with Crippen molar-refractivity contribution >= 4 is 0 Å². The lowest BCUT2D eigenvalue weighted by Crippen LogP contribution is -2.04. The summed E-state index contributed by atoms with van der Waals surface area (Å²) in [7, 11) is 0. The second kappa shape index (κ2) is 8.44. The maximum absolute atomic E-state index is 14.1. The van der Waals surface area contributed by atoms with E-state index in [9.17, 15) is 4.39 Å². The normalized spacial score (nSPS) is 11.2. The van der Waals surface area contributed by atoms with E-state index in [2.05, 4.69) is 53.7 Å². The van der Waals surface area contributed by atoms with Crippen molar-refractivity contribution in [3.8, 4) is 28.2 Å². The van der Waals surface area contributed by atoms with Crippen LogP contribution < -0.4 is 0 Å². The van der Waals surface area contributed by atoms with Gasteiger partial charge in [-0.3, -0.25) is 4.57 Å². The first-order valence-corrected chi connectivity index (χ1v) is 10.2. The molecule has 0 aliphatic carbocycles. The summed E-state index contributed by atoms with van der Waals surface area (Å²) in [5, 5.41) is 0. The minimum atomic E-state index is -0.196. The fourth-order valence-electron chi connectivity index (χ4n) is 4.05. The summed E-state index contributed by atoms with van der Waals surface area (Å²) >= 11 is 0. The van der Waals surface area contributed by atoms with Crippen molar-refractivity contribution in [1.82, 2.24) is 9.55 Å². The van der Waals surface area contributed by atoms with Crippen molar-refractivity contribution in [2.75, 3.05) is 0 Å². The molecule has 0 radical (unpaired) electrons. The van der Waals surface area contributed by atoms with E-state index < -0.39 is 0 Å². The molecule has 1 heterocycles. The molecule has 2 nitrogen and oxygen atoms in total. The fourth-order valence-corrected chi connectivity index (χ4v) is 4.05. The molecule has 4 aromatic rings. The molecular formula is C26H25FN2. The lowest BCUT2D eigenvalue weighted by Gasteiger charge is -2.19. The SMILES string of the molecule is CCC(CC)c1cc(F)ccc1-c1nccn1-c1ccccc1-c1ccccc1. The standard InChI is InChI=1S/C26H25FN2/c1-3-19(4-2)24-18-21(27)14-15-23(24)26-28-16-17-29(26)25-13-9-8-12-22(25)20-10-6-5-7-11-20/h5-19H,3-4H2,1-2H3. The Bertz CT molecular complexity index is 1090. The predicted octanol–water partition coefficient (Wildman–Crippen LogP) is 7.25. The first-order chi connectivity index (χ1) is 14.2. The van der Waals surface area contributed by atoms with Crippen molar-refractivity contribution in [3.05, 3.63) is 96.6 Å². The number of para-hydroxylation sites is 1. The van der Waals surface area contributed by atoms with Gasteiger partial charge in [0.2, 0.25) is 0 Å². The van der Waals surface area contributed by atoms with Crippen LogP contribution in [0, 0.1) is 5.82 Å². The molecule has 0 atom stereocenters. The van der Waals surface area contributed by atoms with E-state index in [1.54, 1.807) is 6.07 Å². The Morgan fingerprint density at radius 2 is 1.59 bits per heavy atom. The quantitative estimate of drug-likeness (QED) is 0.342. The van der Waals surface area contributed by atoms with Crippen molar-refractivity contribution < 1.29 is 4.39 Å². The molecule has 0 bridgehead atoms. The minimum absolute atomic E-state index is 0.196. The number of rotatable bonds is 6. The van der Waals surface area contributed by atoms with E-state index in [4.69, 9.17) is 0 Å². The third kappa shape index (κ3) is 3.73. The molecule has 146 valence electrons. The molecule has 0 saturated carbocycles. The molecular weight excluding hydrogens is 359 g/mol. The minimum Gasteiger partial charge on any atom is -0.299 e. The highest BCUT2D eigenvalue weighted by Gasteiger charge is 2.19. The van der Waals surface area contributed by atoms with Crippen LogP contribution >= 0.6 is 0 Å². The van der Waals surface area contributed by atoms with Gasteiger partial charge in [-0.15, -0.1) is 0 Å². The molecule has 0 amide bonds. The van der Waals surface area contributed by atoms with Gasteiger partial charge >= 0.3 is 0 Å². The summed E-state index contributed by atoms with van der Waals surface area (Å²) in [5.74, 6) is 0.948. The highest BCUT2D eigenvalue weighted by atomic mass is 19.1. The van der Waals surface area contributed by atoms with Crippen molar-refractivity contribution in [1.29, 1.82) is 0 Å². The molecule has 3 heteroatoms. The van der Waals surface area contributed by atoms with E-state index in [0.717, 1.165) is 46.6 Å². The Kier molecular flexibility index (Phi) is 5.57. The van der Waals surface area contributed by atoms with Crippen molar-refractivity contribution in [3.63, 3.8) is 0 Å². The van der Waals surface area contributed by atoms with Gasteiger partial charge in [0.15, 0.2) is 0 Å². The van der Waals surface area contributed by atoms with Crippen LogP contribution in [0.2, 0.25) is 0 Å². The molecule has 0 aliphatic rings. The molecule has 0 N–H and O–H groups in total. The molecule has 1 aromatic heterocycles. The molecule has 29 heavy (non-hydrogen) atoms. The number of hydrogen-bond donors (Lipinski definition) is 0. The number of imidazole rings is 1. The monoisotopic (exact) mass is 384 g/mol. The zero-order valence-electron chi connectivity index (χ0n) is 16.8. The molecule has 4 rings (SSSR count). The molecule has 0 fully saturated rings. The number of halogens is 1. The van der Waals surface area contributed by atoms with Gasteiger partial charge in [0.1, 0.15) is 11.6 Å². The Balaban J connectivity index is 1.90. The van der Waals surface area contributed by atoms with Crippen LogP contribution in [0.5, 0.6) is 0 Å². The predicted molar refractivity (Wildman–Crippen MR) is 118 cm³/mol. The summed E-state index contributed by atoms with van der Waals surface area (Å²) in [4.78, 5) is 4.68. The van der Waals surface area contributed by atoms with E-state index in [1.165, 1.54) is 6.07 Å². The van der Waals surface area contributed by atoms with Gasteiger partial charge in [-0.1, -0.05) is 62.4 Å². The second-order valence-corrected chi connectivity index (χ2v) is 7.25. The number of hydrogen-bond acceptors (Lipinski definition) is 1. The van der Waals surface area contributed by atoms with Crippen LogP contribution in [0.1, 0.15) is 38.2 Å². The van der Waals surface area contributed by atoms with E-state index in [0.29, 0.717) is 5.92 Å². The third-order valence-electron chi connectivity index (χ3n) is 5.57. The summed E-state index contributed by atoms with van der Waals surface area (Å²) in [6.45, 7) is 4.31. The highest BCUT2D eigenvalue weighted by molar-refractivity contribution is 5.75. The first kappa shape index (κ1) is 19.1. The van der Waals surface area contributed by atoms with Gasteiger partial charge < -0.3 is 0 Å². The van der Waals surface area contributed by atoms with E-state index in [1.807, 2.05) is 42.7 Å². The fraction of sp³-hybridized carbons (Fsp3) is 0.192. The largest absolute Gasteiger partial charge is 0.299 e. The number of benzene rings is 3. The van der Waals surface area contributed by atoms with Gasteiger partial charge in [0.05, 0.1) is 5.69 Å². The maximum Gasteiger partial charge on any atom is 0.144 e. The lowest BCUT2D eigenvalue weighted by molar-refractivity contribution is 0.606. The van der Waals surface area contributed by atoms with E-state index in [-0.39, 0.29) is 5.82 Å². The molecule has 3 aromatic carbocycles. The zero-order valence-corrected chi connectivity index (χ0v) is 16.8. The van der Waals surface area contributed by atoms with Gasteiger partial charge in [0, 0.05) is 23.5 Å². The van der Waals surface area contributed by atoms with Crippen molar-refractivity contribution in [2.24, 2.45) is 0 Å². The summed E-state index contributed by atoms with van der Waals surface area (Å²) in [6, 6.07) is 23.7. The van der Waals surface area contributed by atoms with Crippen molar-refractivity contribution in [2.45, 2.75) is 32.6 Å². The van der Waals surface area contributed by atoms with Crippen LogP contribution in [-0.4, -0.2) is 9.55 Å². The molecule has 0 spiro atoms. The zero-order chi connectivity index (χ0) is 20.2. The topological polar surface area (TPSA) is 17.8 Å². The van der Waals surface area contributed by atoms with Gasteiger partial charge in [-0.2, -0.15) is 0 Å².